The van der Waals surface area contributed by atoms with Gasteiger partial charge in [-0.3, -0.25) is 0 Å². The lowest BCUT2D eigenvalue weighted by Crippen LogP contribution is -2.31. The lowest BCUT2D eigenvalue weighted by atomic mass is 9.99. The van der Waals surface area contributed by atoms with Gasteiger partial charge in [0.25, 0.3) is 0 Å². The van der Waals surface area contributed by atoms with Crippen LogP contribution in [0.4, 0.5) is 0 Å². The van der Waals surface area contributed by atoms with Gasteiger partial charge in [-0.05, 0) is 29.8 Å². The SMILES string of the molecule is NCC1(CN)[C@H](c2ccccc2)[C@@H]1S(=O)(=O)c1ccc(Cl)cc1. The van der Waals surface area contributed by atoms with Crippen LogP contribution >= 0.6 is 11.6 Å². The number of sulfone groups is 1. The molecule has 0 saturated heterocycles. The van der Waals surface area contributed by atoms with Crippen molar-refractivity contribution >= 4 is 21.4 Å². The molecule has 2 atom stereocenters. The monoisotopic (exact) mass is 350 g/mol. The van der Waals surface area contributed by atoms with Crippen molar-refractivity contribution in [3.05, 3.63) is 65.2 Å². The molecule has 23 heavy (non-hydrogen) atoms. The number of benzene rings is 2. The zero-order valence-electron chi connectivity index (χ0n) is 12.5. The average Bonchev–Trinajstić information content (AvgIpc) is 3.27. The molecule has 3 rings (SSSR count). The Morgan fingerprint density at radius 1 is 0.957 bits per heavy atom. The van der Waals surface area contributed by atoms with E-state index in [4.69, 9.17) is 23.1 Å². The summed E-state index contributed by atoms with van der Waals surface area (Å²) >= 11 is 5.86. The minimum absolute atomic E-state index is 0.181. The highest BCUT2D eigenvalue weighted by atomic mass is 35.5. The van der Waals surface area contributed by atoms with E-state index in [1.165, 1.54) is 12.1 Å². The van der Waals surface area contributed by atoms with Crippen molar-refractivity contribution in [2.24, 2.45) is 16.9 Å². The summed E-state index contributed by atoms with van der Waals surface area (Å²) in [5.74, 6) is -0.181. The van der Waals surface area contributed by atoms with Crippen LogP contribution < -0.4 is 11.5 Å². The molecule has 6 heteroatoms. The molecule has 0 radical (unpaired) electrons. The molecule has 2 aromatic rings. The molecule has 122 valence electrons. The number of halogens is 1. The van der Waals surface area contributed by atoms with Crippen molar-refractivity contribution in [3.8, 4) is 0 Å². The van der Waals surface area contributed by atoms with Crippen molar-refractivity contribution < 1.29 is 8.42 Å². The molecule has 4 nitrogen and oxygen atoms in total. The van der Waals surface area contributed by atoms with Crippen LogP contribution in [-0.4, -0.2) is 26.8 Å². The van der Waals surface area contributed by atoms with E-state index in [2.05, 4.69) is 0 Å². The summed E-state index contributed by atoms with van der Waals surface area (Å²) in [5.41, 5.74) is 12.2. The molecule has 0 spiro atoms. The Morgan fingerprint density at radius 2 is 1.52 bits per heavy atom. The molecule has 0 bridgehead atoms. The van der Waals surface area contributed by atoms with Gasteiger partial charge in [0.2, 0.25) is 0 Å². The summed E-state index contributed by atoms with van der Waals surface area (Å²) in [6.07, 6.45) is 0. The second-order valence-corrected chi connectivity index (χ2v) is 8.46. The molecular formula is C17H19ClN2O2S. The van der Waals surface area contributed by atoms with Gasteiger partial charge in [-0.25, -0.2) is 8.42 Å². The minimum atomic E-state index is -3.53. The minimum Gasteiger partial charge on any atom is -0.330 e. The summed E-state index contributed by atoms with van der Waals surface area (Å²) in [6, 6.07) is 15.8. The molecule has 0 amide bonds. The summed E-state index contributed by atoms with van der Waals surface area (Å²) in [6.45, 7) is 0.473. The normalized spacial score (nSPS) is 22.7. The highest BCUT2D eigenvalue weighted by molar-refractivity contribution is 7.92. The summed E-state index contributed by atoms with van der Waals surface area (Å²) in [7, 11) is -3.53. The van der Waals surface area contributed by atoms with Crippen molar-refractivity contribution in [1.82, 2.24) is 0 Å². The van der Waals surface area contributed by atoms with E-state index in [0.29, 0.717) is 5.02 Å². The summed E-state index contributed by atoms with van der Waals surface area (Å²) < 4.78 is 26.1. The van der Waals surface area contributed by atoms with E-state index in [9.17, 15) is 8.42 Å². The Kier molecular flexibility index (Phi) is 4.23. The van der Waals surface area contributed by atoms with Gasteiger partial charge >= 0.3 is 0 Å². The molecule has 1 aliphatic rings. The fourth-order valence-corrected chi connectivity index (χ4v) is 6.05. The molecule has 0 aliphatic heterocycles. The van der Waals surface area contributed by atoms with Crippen LogP contribution in [-0.2, 0) is 9.84 Å². The lowest BCUT2D eigenvalue weighted by Gasteiger charge is -2.13. The van der Waals surface area contributed by atoms with E-state index < -0.39 is 20.5 Å². The van der Waals surface area contributed by atoms with Gasteiger partial charge in [-0.1, -0.05) is 41.9 Å². The van der Waals surface area contributed by atoms with Gasteiger partial charge in [0.05, 0.1) is 10.1 Å². The third-order valence-electron chi connectivity index (χ3n) is 4.77. The predicted octanol–water partition coefficient (Wildman–Crippen LogP) is 2.18. The quantitative estimate of drug-likeness (QED) is 0.865. The Bertz CT molecular complexity index is 787. The first-order valence-electron chi connectivity index (χ1n) is 7.42. The average molecular weight is 351 g/mol. The van der Waals surface area contributed by atoms with Crippen LogP contribution in [0, 0.1) is 5.41 Å². The van der Waals surface area contributed by atoms with Crippen LogP contribution in [0.2, 0.25) is 5.02 Å². The molecule has 1 fully saturated rings. The van der Waals surface area contributed by atoms with Crippen LogP contribution in [0.1, 0.15) is 11.5 Å². The van der Waals surface area contributed by atoms with Crippen molar-refractivity contribution in [2.75, 3.05) is 13.1 Å². The van der Waals surface area contributed by atoms with Crippen LogP contribution in [0.5, 0.6) is 0 Å². The molecule has 1 aliphatic carbocycles. The zero-order chi connectivity index (χ0) is 16.7. The summed E-state index contributed by atoms with van der Waals surface area (Å²) in [5, 5.41) is -0.100. The third kappa shape index (κ3) is 2.58. The molecular weight excluding hydrogens is 332 g/mol. The molecule has 4 N–H and O–H groups in total. The van der Waals surface area contributed by atoms with Crippen molar-refractivity contribution in [1.29, 1.82) is 0 Å². The van der Waals surface area contributed by atoms with E-state index in [1.807, 2.05) is 30.3 Å². The third-order valence-corrected chi connectivity index (χ3v) is 7.37. The van der Waals surface area contributed by atoms with E-state index in [-0.39, 0.29) is 23.9 Å². The zero-order valence-corrected chi connectivity index (χ0v) is 14.1. The topological polar surface area (TPSA) is 86.2 Å². The molecule has 0 aromatic heterocycles. The first-order valence-corrected chi connectivity index (χ1v) is 9.34. The van der Waals surface area contributed by atoms with Gasteiger partial charge in [0, 0.05) is 29.4 Å². The highest BCUT2D eigenvalue weighted by Gasteiger charge is 2.69. The van der Waals surface area contributed by atoms with Crippen molar-refractivity contribution in [2.45, 2.75) is 16.1 Å². The maximum absolute atomic E-state index is 13.1. The van der Waals surface area contributed by atoms with Crippen LogP contribution in [0.3, 0.4) is 0 Å². The maximum atomic E-state index is 13.1. The van der Waals surface area contributed by atoms with Gasteiger partial charge in [-0.15, -0.1) is 0 Å². The fraction of sp³-hybridized carbons (Fsp3) is 0.294. The van der Waals surface area contributed by atoms with Crippen LogP contribution in [0.25, 0.3) is 0 Å². The predicted molar refractivity (Wildman–Crippen MR) is 92.2 cm³/mol. The second-order valence-electron chi connectivity index (χ2n) is 5.95. The Hall–Kier alpha value is -1.40. The lowest BCUT2D eigenvalue weighted by molar-refractivity contribution is 0.510. The molecule has 2 aromatic carbocycles. The highest BCUT2D eigenvalue weighted by Crippen LogP contribution is 2.62. The molecule has 0 unspecified atom stereocenters. The molecule has 1 saturated carbocycles. The number of rotatable bonds is 5. The Morgan fingerprint density at radius 3 is 2.04 bits per heavy atom. The fourth-order valence-electron chi connectivity index (χ4n) is 3.45. The van der Waals surface area contributed by atoms with E-state index in [0.717, 1.165) is 5.56 Å². The van der Waals surface area contributed by atoms with Crippen LogP contribution in [0.15, 0.2) is 59.5 Å². The van der Waals surface area contributed by atoms with Crippen molar-refractivity contribution in [3.63, 3.8) is 0 Å². The first-order chi connectivity index (χ1) is 11.0. The largest absolute Gasteiger partial charge is 0.330 e. The maximum Gasteiger partial charge on any atom is 0.182 e. The first kappa shape index (κ1) is 16.5. The Labute approximate surface area is 141 Å². The van der Waals surface area contributed by atoms with E-state index in [1.54, 1.807) is 12.1 Å². The number of hydrogen-bond acceptors (Lipinski definition) is 4. The number of hydrogen-bond donors (Lipinski definition) is 2. The smallest absolute Gasteiger partial charge is 0.182 e. The van der Waals surface area contributed by atoms with Gasteiger partial charge in [-0.2, -0.15) is 0 Å². The Balaban J connectivity index is 2.05. The van der Waals surface area contributed by atoms with Gasteiger partial charge in [0.1, 0.15) is 0 Å². The number of nitrogens with two attached hydrogens (primary N) is 2. The van der Waals surface area contributed by atoms with Gasteiger partial charge < -0.3 is 11.5 Å². The molecule has 0 heterocycles. The van der Waals surface area contributed by atoms with E-state index >= 15 is 0 Å². The summed E-state index contributed by atoms with van der Waals surface area (Å²) in [4.78, 5) is 0.261. The van der Waals surface area contributed by atoms with Gasteiger partial charge in [0.15, 0.2) is 9.84 Å². The second kappa shape index (κ2) is 5.91. The standard InChI is InChI=1S/C17H19ClN2O2S/c18-13-6-8-14(9-7-13)23(21,22)16-15(17(16,10-19)11-20)12-4-2-1-3-5-12/h1-9,15-16H,10-11,19-20H2/t15-,16+/m1/s1.